The van der Waals surface area contributed by atoms with Crippen LogP contribution in [-0.4, -0.2) is 11.5 Å². The Bertz CT molecular complexity index is 91.1. The highest BCUT2D eigenvalue weighted by Gasteiger charge is 1.87. The predicted octanol–water partition coefficient (Wildman–Crippen LogP) is 3.53. The monoisotopic (exact) mass is 182 g/mol. The first-order chi connectivity index (χ1) is 4.31. The Labute approximate surface area is 70.4 Å². The summed E-state index contributed by atoms with van der Waals surface area (Å²) >= 11 is 9.18. The molecule has 0 N–H and O–H groups in total. The van der Waals surface area contributed by atoms with Crippen LogP contribution < -0.4 is 0 Å². The van der Waals surface area contributed by atoms with Crippen molar-refractivity contribution in [3.8, 4) is 0 Å². The molecule has 0 rings (SSSR count). The fourth-order valence-electron chi connectivity index (χ4n) is 0.321. The van der Waals surface area contributed by atoms with E-state index >= 15 is 0 Å². The van der Waals surface area contributed by atoms with Gasteiger partial charge in [0.2, 0.25) is 0 Å². The van der Waals surface area contributed by atoms with E-state index in [1.54, 1.807) is 23.5 Å². The summed E-state index contributed by atoms with van der Waals surface area (Å²) in [5, 5.41) is 2.00. The zero-order chi connectivity index (χ0) is 7.11. The molecule has 54 valence electrons. The van der Waals surface area contributed by atoms with Gasteiger partial charge in [-0.05, 0) is 16.9 Å². The molecule has 9 heavy (non-hydrogen) atoms. The van der Waals surface area contributed by atoms with Crippen LogP contribution in [0.15, 0.2) is 9.77 Å². The SMILES string of the molecule is CCSC=C(Cl)SCC. The summed E-state index contributed by atoms with van der Waals surface area (Å²) in [6, 6.07) is 0. The largest absolute Gasteiger partial charge is 0.132 e. The first-order valence-electron chi connectivity index (χ1n) is 2.91. The smallest absolute Gasteiger partial charge is 0.0797 e. The summed E-state index contributed by atoms with van der Waals surface area (Å²) < 4.78 is 0.907. The van der Waals surface area contributed by atoms with Gasteiger partial charge in [-0.2, -0.15) is 0 Å². The second-order valence-electron chi connectivity index (χ2n) is 1.31. The lowest BCUT2D eigenvalue weighted by Gasteiger charge is -1.91. The number of thioether (sulfide) groups is 2. The van der Waals surface area contributed by atoms with E-state index in [2.05, 4.69) is 13.8 Å². The Hall–Kier alpha value is 0.730. The van der Waals surface area contributed by atoms with Crippen molar-refractivity contribution < 1.29 is 0 Å². The average molecular weight is 183 g/mol. The molecule has 0 amide bonds. The summed E-state index contributed by atoms with van der Waals surface area (Å²) in [6.45, 7) is 4.21. The lowest BCUT2D eigenvalue weighted by Crippen LogP contribution is -1.65. The minimum absolute atomic E-state index is 0.907. The molecule has 0 saturated heterocycles. The maximum absolute atomic E-state index is 5.76. The van der Waals surface area contributed by atoms with Crippen molar-refractivity contribution in [2.75, 3.05) is 11.5 Å². The van der Waals surface area contributed by atoms with E-state index < -0.39 is 0 Å². The highest BCUT2D eigenvalue weighted by Crippen LogP contribution is 2.22. The van der Waals surface area contributed by atoms with Crippen LogP contribution in [0, 0.1) is 0 Å². The Morgan fingerprint density at radius 3 is 2.56 bits per heavy atom. The number of hydrogen-bond acceptors (Lipinski definition) is 2. The predicted molar refractivity (Wildman–Crippen MR) is 50.2 cm³/mol. The Morgan fingerprint density at radius 2 is 2.11 bits per heavy atom. The third-order valence-corrected chi connectivity index (χ3v) is 2.76. The molecule has 0 aliphatic heterocycles. The molecule has 0 unspecified atom stereocenters. The number of hydrogen-bond donors (Lipinski definition) is 0. The van der Waals surface area contributed by atoms with Crippen LogP contribution in [0.2, 0.25) is 0 Å². The zero-order valence-electron chi connectivity index (χ0n) is 5.69. The van der Waals surface area contributed by atoms with Crippen LogP contribution in [0.4, 0.5) is 0 Å². The molecule has 0 heterocycles. The van der Waals surface area contributed by atoms with Gasteiger partial charge in [0.05, 0.1) is 4.36 Å². The minimum atomic E-state index is 0.907. The second kappa shape index (κ2) is 6.84. The van der Waals surface area contributed by atoms with E-state index in [0.29, 0.717) is 0 Å². The van der Waals surface area contributed by atoms with E-state index in [9.17, 15) is 0 Å². The number of halogens is 1. The van der Waals surface area contributed by atoms with Gasteiger partial charge < -0.3 is 0 Å². The standard InChI is InChI=1S/C6H11ClS2/c1-3-8-5-6(7)9-4-2/h5H,3-4H2,1-2H3. The van der Waals surface area contributed by atoms with Gasteiger partial charge in [0.15, 0.2) is 0 Å². The van der Waals surface area contributed by atoms with E-state index in [1.807, 2.05) is 5.41 Å². The third kappa shape index (κ3) is 6.62. The van der Waals surface area contributed by atoms with E-state index in [-0.39, 0.29) is 0 Å². The Morgan fingerprint density at radius 1 is 1.44 bits per heavy atom. The lowest BCUT2D eigenvalue weighted by atomic mass is 11.0. The van der Waals surface area contributed by atoms with Crippen LogP contribution in [0.25, 0.3) is 0 Å². The third-order valence-electron chi connectivity index (χ3n) is 0.625. The van der Waals surface area contributed by atoms with Crippen molar-refractivity contribution in [1.29, 1.82) is 0 Å². The molecule has 0 atom stereocenters. The number of rotatable bonds is 4. The fourth-order valence-corrected chi connectivity index (χ4v) is 1.89. The summed E-state index contributed by atoms with van der Waals surface area (Å²) in [4.78, 5) is 0. The van der Waals surface area contributed by atoms with Crippen LogP contribution >= 0.6 is 35.1 Å². The van der Waals surface area contributed by atoms with Crippen LogP contribution in [0.5, 0.6) is 0 Å². The Balaban J connectivity index is 3.30. The van der Waals surface area contributed by atoms with Gasteiger partial charge in [0.25, 0.3) is 0 Å². The first-order valence-corrected chi connectivity index (χ1v) is 5.32. The van der Waals surface area contributed by atoms with E-state index in [4.69, 9.17) is 11.6 Å². The molecule has 0 aromatic carbocycles. The normalized spacial score (nSPS) is 12.1. The molecule has 0 aliphatic carbocycles. The van der Waals surface area contributed by atoms with Crippen molar-refractivity contribution >= 4 is 35.1 Å². The molecule has 3 heteroatoms. The van der Waals surface area contributed by atoms with Crippen molar-refractivity contribution in [3.05, 3.63) is 9.77 Å². The topological polar surface area (TPSA) is 0 Å². The molecule has 0 aliphatic rings. The molecular formula is C6H11ClS2. The fraction of sp³-hybridized carbons (Fsp3) is 0.667. The Kier molecular flexibility index (Phi) is 7.40. The summed E-state index contributed by atoms with van der Waals surface area (Å²) in [6.07, 6.45) is 0. The van der Waals surface area contributed by atoms with Gasteiger partial charge in [-0.15, -0.1) is 23.5 Å². The maximum Gasteiger partial charge on any atom is 0.0797 e. The minimum Gasteiger partial charge on any atom is -0.132 e. The van der Waals surface area contributed by atoms with Gasteiger partial charge in [0, 0.05) is 0 Å². The molecule has 0 nitrogen and oxygen atoms in total. The summed E-state index contributed by atoms with van der Waals surface area (Å²) in [5.74, 6) is 2.15. The molecule has 0 bridgehead atoms. The van der Waals surface area contributed by atoms with Crippen LogP contribution in [0.3, 0.4) is 0 Å². The summed E-state index contributed by atoms with van der Waals surface area (Å²) in [5.41, 5.74) is 0. The molecule has 0 fully saturated rings. The van der Waals surface area contributed by atoms with Crippen molar-refractivity contribution in [1.82, 2.24) is 0 Å². The molecule has 0 saturated carbocycles. The van der Waals surface area contributed by atoms with Gasteiger partial charge in [-0.1, -0.05) is 25.4 Å². The average Bonchev–Trinajstić information content (AvgIpc) is 1.85. The van der Waals surface area contributed by atoms with Crippen molar-refractivity contribution in [2.45, 2.75) is 13.8 Å². The zero-order valence-corrected chi connectivity index (χ0v) is 8.07. The maximum atomic E-state index is 5.76. The van der Waals surface area contributed by atoms with Gasteiger partial charge in [-0.3, -0.25) is 0 Å². The summed E-state index contributed by atoms with van der Waals surface area (Å²) in [7, 11) is 0. The van der Waals surface area contributed by atoms with Gasteiger partial charge in [-0.25, -0.2) is 0 Å². The first kappa shape index (κ1) is 9.73. The molecular weight excluding hydrogens is 172 g/mol. The molecule has 0 spiro atoms. The van der Waals surface area contributed by atoms with E-state index in [0.717, 1.165) is 15.9 Å². The van der Waals surface area contributed by atoms with Gasteiger partial charge >= 0.3 is 0 Å². The van der Waals surface area contributed by atoms with Crippen molar-refractivity contribution in [3.63, 3.8) is 0 Å². The van der Waals surface area contributed by atoms with Crippen LogP contribution in [0.1, 0.15) is 13.8 Å². The molecule has 0 aromatic heterocycles. The van der Waals surface area contributed by atoms with Gasteiger partial charge in [0.1, 0.15) is 0 Å². The molecule has 0 radical (unpaired) electrons. The quantitative estimate of drug-likeness (QED) is 0.653. The van der Waals surface area contributed by atoms with E-state index in [1.165, 1.54) is 0 Å². The molecule has 0 aromatic rings. The second-order valence-corrected chi connectivity index (χ2v) is 4.39. The lowest BCUT2D eigenvalue weighted by molar-refractivity contribution is 1.53. The highest BCUT2D eigenvalue weighted by molar-refractivity contribution is 8.07. The highest BCUT2D eigenvalue weighted by atomic mass is 35.5. The van der Waals surface area contributed by atoms with Crippen molar-refractivity contribution in [2.24, 2.45) is 0 Å². The van der Waals surface area contributed by atoms with Crippen LogP contribution in [-0.2, 0) is 0 Å².